The van der Waals surface area contributed by atoms with E-state index in [0.29, 0.717) is 16.9 Å². The number of halogens is 6. The largest absolute Gasteiger partial charge is 0.461 e. The summed E-state index contributed by atoms with van der Waals surface area (Å²) in [6.07, 6.45) is -2.93. The Morgan fingerprint density at radius 2 is 1.62 bits per heavy atom. The van der Waals surface area contributed by atoms with Crippen LogP contribution >= 0.6 is 15.9 Å². The number of aromatic nitrogens is 3. The zero-order chi connectivity index (χ0) is 15.7. The number of alkyl halides is 5. The molecule has 2 aromatic heterocycles. The molecule has 112 valence electrons. The van der Waals surface area contributed by atoms with Gasteiger partial charge in [0.05, 0.1) is 16.9 Å². The van der Waals surface area contributed by atoms with Gasteiger partial charge in [-0.1, -0.05) is 0 Å². The van der Waals surface area contributed by atoms with Crippen molar-refractivity contribution in [2.45, 2.75) is 12.1 Å². The summed E-state index contributed by atoms with van der Waals surface area (Å²) in [6, 6.07) is 3.22. The highest BCUT2D eigenvalue weighted by Crippen LogP contribution is 2.42. The third-order valence-electron chi connectivity index (χ3n) is 2.20. The summed E-state index contributed by atoms with van der Waals surface area (Å²) in [5.41, 5.74) is 0. The van der Waals surface area contributed by atoms with Crippen LogP contribution < -0.4 is 4.74 Å². The van der Waals surface area contributed by atoms with Gasteiger partial charge in [-0.25, -0.2) is 15.0 Å². The average Bonchev–Trinajstić information content (AvgIpc) is 2.41. The van der Waals surface area contributed by atoms with E-state index in [9.17, 15) is 22.0 Å². The molecule has 0 saturated carbocycles. The van der Waals surface area contributed by atoms with Crippen molar-refractivity contribution in [2.24, 2.45) is 0 Å². The number of rotatable bonds is 3. The van der Waals surface area contributed by atoms with Crippen LogP contribution in [0.3, 0.4) is 0 Å². The molecule has 0 bridgehead atoms. The summed E-state index contributed by atoms with van der Waals surface area (Å²) < 4.78 is 68.0. The van der Waals surface area contributed by atoms with Gasteiger partial charge in [0.15, 0.2) is 5.75 Å². The Kier molecular flexibility index (Phi) is 4.08. The minimum atomic E-state index is -5.76. The van der Waals surface area contributed by atoms with Gasteiger partial charge in [0.25, 0.3) is 0 Å². The molecule has 2 heterocycles. The van der Waals surface area contributed by atoms with Gasteiger partial charge in [0.2, 0.25) is 11.7 Å². The molecule has 0 unspecified atom stereocenters. The van der Waals surface area contributed by atoms with E-state index in [1.54, 1.807) is 12.1 Å². The van der Waals surface area contributed by atoms with E-state index in [1.807, 2.05) is 0 Å². The number of ether oxygens (including phenoxy) is 1. The van der Waals surface area contributed by atoms with Gasteiger partial charge in [-0.2, -0.15) is 22.0 Å². The molecule has 0 saturated heterocycles. The van der Waals surface area contributed by atoms with Crippen LogP contribution in [0.1, 0.15) is 5.82 Å². The molecule has 0 aromatic carbocycles. The maximum Gasteiger partial charge on any atom is 0.461 e. The van der Waals surface area contributed by atoms with Crippen molar-refractivity contribution in [3.63, 3.8) is 0 Å². The van der Waals surface area contributed by atoms with Crippen LogP contribution in [-0.4, -0.2) is 21.1 Å². The molecule has 2 rings (SSSR count). The highest BCUT2D eigenvalue weighted by atomic mass is 79.9. The van der Waals surface area contributed by atoms with Gasteiger partial charge in [-0.05, 0) is 28.1 Å². The van der Waals surface area contributed by atoms with Gasteiger partial charge < -0.3 is 4.74 Å². The van der Waals surface area contributed by atoms with Crippen LogP contribution in [0, 0.1) is 0 Å². The zero-order valence-electron chi connectivity index (χ0n) is 9.90. The molecule has 0 radical (unpaired) electrons. The molecular weight excluding hydrogens is 365 g/mol. The third-order valence-corrected chi connectivity index (χ3v) is 2.81. The van der Waals surface area contributed by atoms with Crippen molar-refractivity contribution in [1.82, 2.24) is 15.0 Å². The number of nitrogens with zero attached hydrogens (tertiary/aromatic N) is 3. The summed E-state index contributed by atoms with van der Waals surface area (Å²) in [7, 11) is 0. The van der Waals surface area contributed by atoms with E-state index in [2.05, 4.69) is 30.9 Å². The van der Waals surface area contributed by atoms with Crippen LogP contribution in [0.5, 0.6) is 11.6 Å². The third kappa shape index (κ3) is 3.26. The highest BCUT2D eigenvalue weighted by molar-refractivity contribution is 9.10. The normalized spacial score (nSPS) is 12.3. The zero-order valence-corrected chi connectivity index (χ0v) is 11.5. The van der Waals surface area contributed by atoms with E-state index < -0.39 is 17.9 Å². The molecule has 0 fully saturated rings. The first-order valence-corrected chi connectivity index (χ1v) is 6.06. The van der Waals surface area contributed by atoms with Crippen molar-refractivity contribution >= 4 is 15.9 Å². The molecule has 21 heavy (non-hydrogen) atoms. The first-order chi connectivity index (χ1) is 9.72. The predicted molar refractivity (Wildman–Crippen MR) is 64.0 cm³/mol. The fourth-order valence-corrected chi connectivity index (χ4v) is 1.55. The van der Waals surface area contributed by atoms with Crippen LogP contribution in [0.2, 0.25) is 0 Å². The number of hydrogen-bond acceptors (Lipinski definition) is 4. The van der Waals surface area contributed by atoms with Gasteiger partial charge in [0, 0.05) is 6.20 Å². The van der Waals surface area contributed by atoms with E-state index in [4.69, 9.17) is 4.74 Å². The minimum absolute atomic E-state index is 0.0939. The second kappa shape index (κ2) is 5.51. The summed E-state index contributed by atoms with van der Waals surface area (Å²) in [4.78, 5) is 9.82. The van der Waals surface area contributed by atoms with E-state index in [1.165, 1.54) is 6.20 Å². The van der Waals surface area contributed by atoms with E-state index in [-0.39, 0.29) is 11.6 Å². The van der Waals surface area contributed by atoms with E-state index >= 15 is 0 Å². The van der Waals surface area contributed by atoms with Crippen LogP contribution in [0.4, 0.5) is 22.0 Å². The summed E-state index contributed by atoms with van der Waals surface area (Å²) in [6.45, 7) is 0. The number of pyridine rings is 1. The Balaban J connectivity index is 2.22. The Morgan fingerprint density at radius 3 is 2.14 bits per heavy atom. The first-order valence-electron chi connectivity index (χ1n) is 5.27. The van der Waals surface area contributed by atoms with Crippen molar-refractivity contribution < 1.29 is 26.7 Å². The van der Waals surface area contributed by atoms with Gasteiger partial charge in [-0.15, -0.1) is 0 Å². The SMILES string of the molecule is FC(F)(F)C(F)(F)c1ncc(Oc2ncccc2Br)cn1. The molecule has 0 aliphatic carbocycles. The van der Waals surface area contributed by atoms with Gasteiger partial charge >= 0.3 is 12.1 Å². The molecule has 2 aromatic rings. The Hall–Kier alpha value is -1.84. The van der Waals surface area contributed by atoms with Crippen LogP contribution in [-0.2, 0) is 5.92 Å². The Morgan fingerprint density at radius 1 is 1.00 bits per heavy atom. The lowest BCUT2D eigenvalue weighted by atomic mass is 10.3. The van der Waals surface area contributed by atoms with Crippen LogP contribution in [0.25, 0.3) is 0 Å². The van der Waals surface area contributed by atoms with E-state index in [0.717, 1.165) is 0 Å². The maximum atomic E-state index is 13.0. The molecule has 0 amide bonds. The summed E-state index contributed by atoms with van der Waals surface area (Å²) in [5, 5.41) is 0. The molecule has 0 aliphatic rings. The maximum absolute atomic E-state index is 13.0. The summed E-state index contributed by atoms with van der Waals surface area (Å²) >= 11 is 3.13. The molecule has 0 aliphatic heterocycles. The monoisotopic (exact) mass is 369 g/mol. The van der Waals surface area contributed by atoms with Gasteiger partial charge in [-0.3, -0.25) is 0 Å². The molecule has 4 nitrogen and oxygen atoms in total. The van der Waals surface area contributed by atoms with Crippen molar-refractivity contribution in [1.29, 1.82) is 0 Å². The molecular formula is C11H5BrF5N3O. The molecule has 10 heteroatoms. The van der Waals surface area contributed by atoms with Crippen molar-refractivity contribution in [2.75, 3.05) is 0 Å². The highest BCUT2D eigenvalue weighted by Gasteiger charge is 2.61. The number of hydrogen-bond donors (Lipinski definition) is 0. The second-order valence-corrected chi connectivity index (χ2v) is 4.56. The fourth-order valence-electron chi connectivity index (χ4n) is 1.22. The Labute approximate surface area is 123 Å². The van der Waals surface area contributed by atoms with Crippen LogP contribution in [0.15, 0.2) is 35.2 Å². The lowest BCUT2D eigenvalue weighted by molar-refractivity contribution is -0.292. The quantitative estimate of drug-likeness (QED) is 0.764. The Bertz CT molecular complexity index is 633. The fraction of sp³-hybridized carbons (Fsp3) is 0.182. The first kappa shape index (κ1) is 15.5. The van der Waals surface area contributed by atoms with Crippen molar-refractivity contribution in [3.05, 3.63) is 41.0 Å². The molecule has 0 spiro atoms. The second-order valence-electron chi connectivity index (χ2n) is 3.71. The smallest absolute Gasteiger partial charge is 0.435 e. The van der Waals surface area contributed by atoms with Gasteiger partial charge in [0.1, 0.15) is 0 Å². The predicted octanol–water partition coefficient (Wildman–Crippen LogP) is 4.08. The molecule has 0 N–H and O–H groups in total. The molecule has 0 atom stereocenters. The lowest BCUT2D eigenvalue weighted by Crippen LogP contribution is -2.35. The average molecular weight is 370 g/mol. The minimum Gasteiger partial charge on any atom is -0.435 e. The lowest BCUT2D eigenvalue weighted by Gasteiger charge is -2.17. The standard InChI is InChI=1S/C11H5BrF5N3O/c12-7-2-1-3-18-8(7)21-6-4-19-9(20-5-6)10(13,14)11(15,16)17/h1-5H. The summed E-state index contributed by atoms with van der Waals surface area (Å²) in [5.74, 6) is -6.81. The topological polar surface area (TPSA) is 47.9 Å². The van der Waals surface area contributed by atoms with Crippen molar-refractivity contribution in [3.8, 4) is 11.6 Å².